The van der Waals surface area contributed by atoms with Gasteiger partial charge in [0.05, 0.1) is 0 Å². The minimum atomic E-state index is -5.27. The van der Waals surface area contributed by atoms with Gasteiger partial charge in [0.15, 0.2) is 0 Å². The first kappa shape index (κ1) is 24.4. The summed E-state index contributed by atoms with van der Waals surface area (Å²) in [4.78, 5) is 25.5. The van der Waals surface area contributed by atoms with E-state index >= 15 is 0 Å². The average molecular weight is 403 g/mol. The number of aliphatic hydroxyl groups is 1. The second-order valence-corrected chi connectivity index (χ2v) is 4.19. The van der Waals surface area contributed by atoms with Crippen LogP contribution >= 0.6 is 0 Å². The molecule has 0 fully saturated rings. The van der Waals surface area contributed by atoms with Crippen LogP contribution in [0.4, 0.5) is 26.3 Å². The minimum absolute atomic E-state index is 0.0923. The summed E-state index contributed by atoms with van der Waals surface area (Å²) in [6, 6.07) is 1.27. The zero-order valence-corrected chi connectivity index (χ0v) is 14.2. The summed E-state index contributed by atoms with van der Waals surface area (Å²) in [5, 5.41) is 7.00. The van der Waals surface area contributed by atoms with Crippen LogP contribution < -0.4 is 4.74 Å². The molecular formula is C15H15F6NO5. The van der Waals surface area contributed by atoms with E-state index in [0.717, 1.165) is 31.4 Å². The molecule has 0 amide bonds. The van der Waals surface area contributed by atoms with Crippen LogP contribution in [0.1, 0.15) is 19.4 Å². The van der Waals surface area contributed by atoms with Crippen LogP contribution in [0.25, 0.3) is 0 Å². The Kier molecular flexibility index (Phi) is 8.94. The lowest BCUT2D eigenvalue weighted by Gasteiger charge is -2.08. The van der Waals surface area contributed by atoms with E-state index in [4.69, 9.17) is 5.11 Å². The smallest absolute Gasteiger partial charge is 0.406 e. The average Bonchev–Trinajstić information content (AvgIpc) is 2.98. The number of hydrogen-bond donors (Lipinski definition) is 1. The summed E-state index contributed by atoms with van der Waals surface area (Å²) in [7, 11) is 1.00. The molecule has 1 atom stereocenters. The second kappa shape index (κ2) is 9.90. The van der Waals surface area contributed by atoms with Gasteiger partial charge in [0.2, 0.25) is 11.9 Å². The molecule has 27 heavy (non-hydrogen) atoms. The SMILES string of the molecule is CC.CO.O=C1OC(c2ccc(OC(F)(F)F)cc2)=NC1C(=O)C(F)(F)F. The van der Waals surface area contributed by atoms with E-state index in [1.165, 1.54) is 0 Å². The molecule has 0 spiro atoms. The standard InChI is InChI=1S/C12H5F6NO4.C2H6.CH4O/c13-11(14,15)8(20)7-10(21)22-9(19-7)5-1-3-6(4-2-5)23-12(16,17)18;2*1-2/h1-4,7H;1-2H3;2H,1H3. The number of ether oxygens (including phenoxy) is 2. The molecule has 1 aliphatic rings. The van der Waals surface area contributed by atoms with Crippen molar-refractivity contribution in [2.24, 2.45) is 4.99 Å². The Labute approximate surface area is 149 Å². The van der Waals surface area contributed by atoms with Crippen molar-refractivity contribution in [3.05, 3.63) is 29.8 Å². The van der Waals surface area contributed by atoms with Crippen molar-refractivity contribution in [1.82, 2.24) is 0 Å². The molecule has 0 radical (unpaired) electrons. The summed E-state index contributed by atoms with van der Waals surface area (Å²) < 4.78 is 80.8. The van der Waals surface area contributed by atoms with Gasteiger partial charge in [-0.15, -0.1) is 13.2 Å². The van der Waals surface area contributed by atoms with Crippen molar-refractivity contribution >= 4 is 17.7 Å². The predicted octanol–water partition coefficient (Wildman–Crippen LogP) is 3.02. The van der Waals surface area contributed by atoms with E-state index in [0.29, 0.717) is 0 Å². The highest BCUT2D eigenvalue weighted by Gasteiger charge is 2.50. The van der Waals surface area contributed by atoms with E-state index in [2.05, 4.69) is 14.5 Å². The first-order valence-electron chi connectivity index (χ1n) is 7.19. The van der Waals surface area contributed by atoms with Gasteiger partial charge < -0.3 is 14.6 Å². The molecule has 0 aromatic heterocycles. The monoisotopic (exact) mass is 403 g/mol. The summed E-state index contributed by atoms with van der Waals surface area (Å²) >= 11 is 0. The molecule has 0 aliphatic carbocycles. The van der Waals surface area contributed by atoms with Crippen molar-refractivity contribution in [2.45, 2.75) is 32.4 Å². The number of aliphatic hydroxyl groups excluding tert-OH is 1. The number of benzene rings is 1. The highest BCUT2D eigenvalue weighted by molar-refractivity contribution is 6.16. The minimum Gasteiger partial charge on any atom is -0.406 e. The Hall–Kier alpha value is -2.63. The normalized spacial score (nSPS) is 16.1. The zero-order valence-electron chi connectivity index (χ0n) is 14.2. The lowest BCUT2D eigenvalue weighted by Crippen LogP contribution is -2.36. The fourth-order valence-corrected chi connectivity index (χ4v) is 1.60. The fourth-order valence-electron chi connectivity index (χ4n) is 1.60. The first-order valence-corrected chi connectivity index (χ1v) is 7.19. The number of alkyl halides is 6. The molecule has 6 nitrogen and oxygen atoms in total. The van der Waals surface area contributed by atoms with Crippen LogP contribution in [-0.4, -0.2) is 48.4 Å². The van der Waals surface area contributed by atoms with E-state index in [1.807, 2.05) is 13.8 Å². The van der Waals surface area contributed by atoms with Crippen LogP contribution in [0.2, 0.25) is 0 Å². The van der Waals surface area contributed by atoms with Crippen molar-refractivity contribution in [3.8, 4) is 5.75 Å². The van der Waals surface area contributed by atoms with Gasteiger partial charge in [-0.05, 0) is 24.3 Å². The van der Waals surface area contributed by atoms with Crippen molar-refractivity contribution in [3.63, 3.8) is 0 Å². The van der Waals surface area contributed by atoms with Crippen LogP contribution in [0.5, 0.6) is 5.75 Å². The Bertz CT molecular complexity index is 667. The highest BCUT2D eigenvalue weighted by Crippen LogP contribution is 2.26. The van der Waals surface area contributed by atoms with Gasteiger partial charge >= 0.3 is 18.5 Å². The molecule has 1 heterocycles. The van der Waals surface area contributed by atoms with Crippen molar-refractivity contribution in [1.29, 1.82) is 0 Å². The number of esters is 1. The Morgan fingerprint density at radius 2 is 1.56 bits per heavy atom. The predicted molar refractivity (Wildman–Crippen MR) is 80.1 cm³/mol. The summed E-state index contributed by atoms with van der Waals surface area (Å²) in [6.45, 7) is 4.00. The van der Waals surface area contributed by atoms with Gasteiger partial charge in [0.1, 0.15) is 5.75 Å². The number of Topliss-reactive ketones (excluding diaryl/α,β-unsaturated/α-hetero) is 1. The molecular weight excluding hydrogens is 388 g/mol. The Balaban J connectivity index is 0.00000158. The van der Waals surface area contributed by atoms with Gasteiger partial charge in [-0.1, -0.05) is 13.8 Å². The third-order valence-electron chi connectivity index (χ3n) is 2.53. The van der Waals surface area contributed by atoms with E-state index in [9.17, 15) is 35.9 Å². The van der Waals surface area contributed by atoms with E-state index in [-0.39, 0.29) is 5.56 Å². The number of rotatable bonds is 3. The summed E-state index contributed by atoms with van der Waals surface area (Å²) in [5.41, 5.74) is -0.0923. The lowest BCUT2D eigenvalue weighted by molar-refractivity contribution is -0.274. The molecule has 1 unspecified atom stereocenters. The van der Waals surface area contributed by atoms with Crippen LogP contribution in [0, 0.1) is 0 Å². The van der Waals surface area contributed by atoms with Crippen molar-refractivity contribution in [2.75, 3.05) is 7.11 Å². The maximum atomic E-state index is 12.3. The molecule has 2 rings (SSSR count). The summed E-state index contributed by atoms with van der Waals surface area (Å²) in [6.07, 6.45) is -10.2. The number of halogens is 6. The number of ketones is 1. The summed E-state index contributed by atoms with van der Waals surface area (Å²) in [5.74, 6) is -5.10. The van der Waals surface area contributed by atoms with E-state index < -0.39 is 42.0 Å². The third-order valence-corrected chi connectivity index (χ3v) is 2.53. The molecule has 1 aliphatic heterocycles. The highest BCUT2D eigenvalue weighted by atomic mass is 19.4. The number of nitrogens with zero attached hydrogens (tertiary/aromatic N) is 1. The number of carbonyl (C=O) groups excluding carboxylic acids is 2. The van der Waals surface area contributed by atoms with Crippen LogP contribution in [-0.2, 0) is 14.3 Å². The van der Waals surface area contributed by atoms with Gasteiger partial charge in [-0.3, -0.25) is 4.79 Å². The lowest BCUT2D eigenvalue weighted by atomic mass is 10.2. The number of aliphatic imine (C=N–C) groups is 1. The topological polar surface area (TPSA) is 85.2 Å². The Morgan fingerprint density at radius 1 is 1.07 bits per heavy atom. The largest absolute Gasteiger partial charge is 0.573 e. The van der Waals surface area contributed by atoms with Gasteiger partial charge in [0, 0.05) is 12.7 Å². The molecule has 1 N–H and O–H groups in total. The van der Waals surface area contributed by atoms with Gasteiger partial charge in [-0.2, -0.15) is 13.2 Å². The second-order valence-electron chi connectivity index (χ2n) is 4.19. The van der Waals surface area contributed by atoms with Gasteiger partial charge in [-0.25, -0.2) is 9.79 Å². The molecule has 12 heteroatoms. The van der Waals surface area contributed by atoms with Crippen LogP contribution in [0.15, 0.2) is 29.3 Å². The van der Waals surface area contributed by atoms with Gasteiger partial charge in [0.25, 0.3) is 5.78 Å². The first-order chi connectivity index (χ1) is 12.5. The number of carbonyl (C=O) groups is 2. The molecule has 0 saturated heterocycles. The molecule has 0 bridgehead atoms. The molecule has 0 saturated carbocycles. The quantitative estimate of drug-likeness (QED) is 0.477. The third kappa shape index (κ3) is 7.25. The Morgan fingerprint density at radius 3 is 1.96 bits per heavy atom. The van der Waals surface area contributed by atoms with Crippen LogP contribution in [0.3, 0.4) is 0 Å². The molecule has 1 aromatic rings. The fraction of sp³-hybridized carbons (Fsp3) is 0.400. The maximum absolute atomic E-state index is 12.3. The molecule has 152 valence electrons. The van der Waals surface area contributed by atoms with E-state index in [1.54, 1.807) is 0 Å². The number of cyclic esters (lactones) is 1. The molecule has 1 aromatic carbocycles. The van der Waals surface area contributed by atoms with Crippen molar-refractivity contribution < 1.29 is 50.5 Å². The maximum Gasteiger partial charge on any atom is 0.573 e. The number of hydrogen-bond acceptors (Lipinski definition) is 6. The zero-order chi connectivity index (χ0) is 21.4.